The molecule has 1 N–H and O–H groups in total. The van der Waals surface area contributed by atoms with E-state index in [0.717, 1.165) is 27.4 Å². The first kappa shape index (κ1) is 12.2. The minimum Gasteiger partial charge on any atom is -0.508 e. The first-order valence-corrected chi connectivity index (χ1v) is 7.00. The highest BCUT2D eigenvalue weighted by molar-refractivity contribution is 7.10. The zero-order valence-electron chi connectivity index (χ0n) is 11.1. The van der Waals surface area contributed by atoms with E-state index in [1.165, 1.54) is 0 Å². The molecule has 98 valence electrons. The first-order chi connectivity index (χ1) is 8.93. The second-order valence-corrected chi connectivity index (χ2v) is 6.48. The summed E-state index contributed by atoms with van der Waals surface area (Å²) in [5.41, 5.74) is 1.66. The van der Waals surface area contributed by atoms with Gasteiger partial charge in [-0.3, -0.25) is 0 Å². The van der Waals surface area contributed by atoms with Crippen molar-refractivity contribution in [3.8, 4) is 17.2 Å². The Kier molecular flexibility index (Phi) is 2.64. The molecule has 0 saturated heterocycles. The topological polar surface area (TPSA) is 46.3 Å². The predicted octanol–water partition coefficient (Wildman–Crippen LogP) is 4.56. The molecule has 3 aromatic rings. The number of phenolic OH excluding ortho intramolecular Hbond substituents is 1. The molecule has 0 atom stereocenters. The molecule has 0 unspecified atom stereocenters. The SMILES string of the molecule is CC(C)(C)c1nc(-c2cc3cc(O)ccc3o2)cs1. The molecule has 3 nitrogen and oxygen atoms in total. The fourth-order valence-electron chi connectivity index (χ4n) is 1.89. The van der Waals surface area contributed by atoms with Gasteiger partial charge in [-0.25, -0.2) is 4.98 Å². The number of nitrogens with zero attached hydrogens (tertiary/aromatic N) is 1. The maximum absolute atomic E-state index is 9.47. The molecular weight excluding hydrogens is 258 g/mol. The average molecular weight is 273 g/mol. The smallest absolute Gasteiger partial charge is 0.154 e. The molecule has 0 amide bonds. The highest BCUT2D eigenvalue weighted by atomic mass is 32.1. The minimum atomic E-state index is 0.0488. The van der Waals surface area contributed by atoms with Gasteiger partial charge in [0.2, 0.25) is 0 Å². The zero-order valence-corrected chi connectivity index (χ0v) is 11.9. The summed E-state index contributed by atoms with van der Waals surface area (Å²) in [5.74, 6) is 0.987. The lowest BCUT2D eigenvalue weighted by atomic mass is 9.98. The summed E-state index contributed by atoms with van der Waals surface area (Å²) < 4.78 is 5.77. The quantitative estimate of drug-likeness (QED) is 0.707. The number of hydrogen-bond donors (Lipinski definition) is 1. The Bertz CT molecular complexity index is 734. The second kappa shape index (κ2) is 4.10. The van der Waals surface area contributed by atoms with Crippen LogP contribution in [0.4, 0.5) is 0 Å². The number of furan rings is 1. The molecule has 0 fully saturated rings. The Morgan fingerprint density at radius 1 is 1.21 bits per heavy atom. The van der Waals surface area contributed by atoms with Crippen LogP contribution in [0.5, 0.6) is 5.75 Å². The van der Waals surface area contributed by atoms with E-state index in [1.807, 2.05) is 11.4 Å². The van der Waals surface area contributed by atoms with Gasteiger partial charge in [0.15, 0.2) is 5.76 Å². The number of benzene rings is 1. The number of aromatic hydroxyl groups is 1. The van der Waals surface area contributed by atoms with E-state index in [1.54, 1.807) is 29.5 Å². The second-order valence-electron chi connectivity index (χ2n) is 5.62. The van der Waals surface area contributed by atoms with E-state index in [2.05, 4.69) is 25.8 Å². The number of fused-ring (bicyclic) bond motifs is 1. The van der Waals surface area contributed by atoms with Crippen molar-refractivity contribution in [3.05, 3.63) is 34.7 Å². The van der Waals surface area contributed by atoms with Crippen molar-refractivity contribution in [3.63, 3.8) is 0 Å². The summed E-state index contributed by atoms with van der Waals surface area (Å²) in [5, 5.41) is 13.5. The Labute approximate surface area is 115 Å². The Morgan fingerprint density at radius 3 is 2.68 bits per heavy atom. The van der Waals surface area contributed by atoms with E-state index in [4.69, 9.17) is 4.42 Å². The number of rotatable bonds is 1. The van der Waals surface area contributed by atoms with Crippen molar-refractivity contribution in [2.45, 2.75) is 26.2 Å². The molecule has 1 aromatic carbocycles. The Balaban J connectivity index is 2.07. The van der Waals surface area contributed by atoms with Gasteiger partial charge in [-0.2, -0.15) is 0 Å². The molecule has 2 heterocycles. The van der Waals surface area contributed by atoms with Crippen molar-refractivity contribution >= 4 is 22.3 Å². The lowest BCUT2D eigenvalue weighted by Gasteiger charge is -2.13. The van der Waals surface area contributed by atoms with Gasteiger partial charge in [0.05, 0.1) is 5.01 Å². The number of hydrogen-bond acceptors (Lipinski definition) is 4. The van der Waals surface area contributed by atoms with Crippen LogP contribution >= 0.6 is 11.3 Å². The Hall–Kier alpha value is -1.81. The van der Waals surface area contributed by atoms with E-state index < -0.39 is 0 Å². The van der Waals surface area contributed by atoms with Gasteiger partial charge in [0.25, 0.3) is 0 Å². The third-order valence-electron chi connectivity index (χ3n) is 2.90. The summed E-state index contributed by atoms with van der Waals surface area (Å²) in [6.07, 6.45) is 0. The minimum absolute atomic E-state index is 0.0488. The lowest BCUT2D eigenvalue weighted by Crippen LogP contribution is -2.10. The molecule has 2 aromatic heterocycles. The molecular formula is C15H15NO2S. The van der Waals surface area contributed by atoms with Gasteiger partial charge in [-0.15, -0.1) is 11.3 Å². The summed E-state index contributed by atoms with van der Waals surface area (Å²) in [4.78, 5) is 4.63. The van der Waals surface area contributed by atoms with Crippen LogP contribution in [0.25, 0.3) is 22.4 Å². The zero-order chi connectivity index (χ0) is 13.6. The molecule has 19 heavy (non-hydrogen) atoms. The van der Waals surface area contributed by atoms with Crippen LogP contribution in [0, 0.1) is 0 Å². The van der Waals surface area contributed by atoms with Gasteiger partial charge in [0, 0.05) is 16.2 Å². The van der Waals surface area contributed by atoms with E-state index in [9.17, 15) is 5.11 Å². The van der Waals surface area contributed by atoms with Crippen molar-refractivity contribution < 1.29 is 9.52 Å². The van der Waals surface area contributed by atoms with Crippen molar-refractivity contribution in [2.75, 3.05) is 0 Å². The monoisotopic (exact) mass is 273 g/mol. The third kappa shape index (κ3) is 2.24. The molecule has 4 heteroatoms. The maximum atomic E-state index is 9.47. The van der Waals surface area contributed by atoms with Crippen molar-refractivity contribution in [1.29, 1.82) is 0 Å². The molecule has 0 saturated carbocycles. The molecule has 0 radical (unpaired) electrons. The number of thiazole rings is 1. The van der Waals surface area contributed by atoms with Gasteiger partial charge in [-0.05, 0) is 24.3 Å². The fraction of sp³-hybridized carbons (Fsp3) is 0.267. The van der Waals surface area contributed by atoms with E-state index >= 15 is 0 Å². The van der Waals surface area contributed by atoms with Crippen LogP contribution in [-0.2, 0) is 5.41 Å². The van der Waals surface area contributed by atoms with Crippen molar-refractivity contribution in [1.82, 2.24) is 4.98 Å². The van der Waals surface area contributed by atoms with Crippen molar-refractivity contribution in [2.24, 2.45) is 0 Å². The summed E-state index contributed by atoms with van der Waals surface area (Å²) in [7, 11) is 0. The predicted molar refractivity (Wildman–Crippen MR) is 77.7 cm³/mol. The highest BCUT2D eigenvalue weighted by Crippen LogP contribution is 2.33. The fourth-order valence-corrected chi connectivity index (χ4v) is 2.79. The maximum Gasteiger partial charge on any atom is 0.154 e. The average Bonchev–Trinajstić information content (AvgIpc) is 2.92. The van der Waals surface area contributed by atoms with Gasteiger partial charge < -0.3 is 9.52 Å². The molecule has 0 aliphatic heterocycles. The molecule has 3 rings (SSSR count). The van der Waals surface area contributed by atoms with Gasteiger partial charge in [0.1, 0.15) is 17.0 Å². The summed E-state index contributed by atoms with van der Waals surface area (Å²) in [6.45, 7) is 6.44. The van der Waals surface area contributed by atoms with Crippen LogP contribution in [0.15, 0.2) is 34.1 Å². The molecule has 0 aliphatic rings. The van der Waals surface area contributed by atoms with E-state index in [0.29, 0.717) is 0 Å². The molecule has 0 aliphatic carbocycles. The Morgan fingerprint density at radius 2 is 2.00 bits per heavy atom. The number of phenols is 1. The van der Waals surface area contributed by atoms with E-state index in [-0.39, 0.29) is 11.2 Å². The first-order valence-electron chi connectivity index (χ1n) is 6.12. The standard InChI is InChI=1S/C15H15NO2S/c1-15(2,3)14-16-11(8-19-14)13-7-9-6-10(17)4-5-12(9)18-13/h4-8,17H,1-3H3. The lowest BCUT2D eigenvalue weighted by molar-refractivity contribution is 0.476. The molecule has 0 bridgehead atoms. The molecule has 0 spiro atoms. The normalized spacial score (nSPS) is 12.2. The van der Waals surface area contributed by atoms with Gasteiger partial charge >= 0.3 is 0 Å². The third-order valence-corrected chi connectivity index (χ3v) is 4.17. The van der Waals surface area contributed by atoms with Gasteiger partial charge in [-0.1, -0.05) is 20.8 Å². The summed E-state index contributed by atoms with van der Waals surface area (Å²) >= 11 is 1.64. The van der Waals surface area contributed by atoms with Crippen LogP contribution in [-0.4, -0.2) is 10.1 Å². The largest absolute Gasteiger partial charge is 0.508 e. The number of aromatic nitrogens is 1. The van der Waals surface area contributed by atoms with Crippen LogP contribution in [0.3, 0.4) is 0 Å². The summed E-state index contributed by atoms with van der Waals surface area (Å²) in [6, 6.07) is 7.00. The van der Waals surface area contributed by atoms with Crippen LogP contribution in [0.1, 0.15) is 25.8 Å². The highest BCUT2D eigenvalue weighted by Gasteiger charge is 2.19. The van der Waals surface area contributed by atoms with Crippen LogP contribution in [0.2, 0.25) is 0 Å². The van der Waals surface area contributed by atoms with Crippen LogP contribution < -0.4 is 0 Å².